The predicted molar refractivity (Wildman–Crippen MR) is 395 cm³/mol. The van der Waals surface area contributed by atoms with Crippen molar-refractivity contribution in [2.75, 3.05) is 80.5 Å². The minimum atomic E-state index is -1.57. The third-order valence-electron chi connectivity index (χ3n) is 18.5. The van der Waals surface area contributed by atoms with Crippen molar-refractivity contribution in [1.82, 2.24) is 60.5 Å². The number of likely N-dealkylation sites (N-methyl/N-ethyl adjacent to an activating group) is 7. The maximum atomic E-state index is 15.6. The summed E-state index contributed by atoms with van der Waals surface area (Å²) in [7, 11) is 10.3. The normalized spacial score (nSPS) is 25.5. The predicted octanol–water partition coefficient (Wildman–Crippen LogP) is 6.52. The Bertz CT molecular complexity index is 2650. The number of nitrogens with one attached hydrogen (secondary N) is 4. The summed E-state index contributed by atoms with van der Waals surface area (Å²) < 4.78 is 0. The van der Waals surface area contributed by atoms with Crippen LogP contribution in [0.2, 0.25) is 0 Å². The summed E-state index contributed by atoms with van der Waals surface area (Å²) in [6.07, 6.45) is 5.53. The van der Waals surface area contributed by atoms with Gasteiger partial charge in [0.05, 0.1) is 5.60 Å². The summed E-state index contributed by atoms with van der Waals surface area (Å²) in [4.78, 5) is 176. The van der Waals surface area contributed by atoms with E-state index in [1.165, 1.54) is 123 Å². The van der Waals surface area contributed by atoms with Crippen LogP contribution in [0, 0.1) is 47.3 Å². The van der Waals surface area contributed by atoms with Gasteiger partial charge in [-0.05, 0) is 139 Å². The largest absolute Gasteiger partial charge is 0.390 e. The van der Waals surface area contributed by atoms with Crippen LogP contribution in [0.3, 0.4) is 0 Å². The van der Waals surface area contributed by atoms with Gasteiger partial charge < -0.3 is 65.6 Å². The second-order valence-electron chi connectivity index (χ2n) is 31.6. The lowest BCUT2D eigenvalue weighted by molar-refractivity contribution is -0.156. The highest BCUT2D eigenvalue weighted by Gasteiger charge is 2.45. The van der Waals surface area contributed by atoms with Crippen LogP contribution in [0.15, 0.2) is 12.2 Å². The molecule has 1 saturated heterocycles. The zero-order chi connectivity index (χ0) is 76.6. The summed E-state index contributed by atoms with van der Waals surface area (Å²) in [5.41, 5.74) is -1.57. The highest BCUT2D eigenvalue weighted by atomic mass is 32.2. The highest BCUT2D eigenvalue weighted by molar-refractivity contribution is 7.99. The molecule has 0 aliphatic carbocycles. The zero-order valence-corrected chi connectivity index (χ0v) is 67.1. The quantitative estimate of drug-likeness (QED) is 0.0481. The number of rotatable bonds is 25. The van der Waals surface area contributed by atoms with Crippen molar-refractivity contribution in [2.45, 2.75) is 269 Å². The molecule has 1 aliphatic rings. The van der Waals surface area contributed by atoms with Gasteiger partial charge in [-0.15, -0.1) is 0 Å². The van der Waals surface area contributed by atoms with Gasteiger partial charge in [-0.3, -0.25) is 52.7 Å². The summed E-state index contributed by atoms with van der Waals surface area (Å²) in [6, 6.07) is -13.5. The highest BCUT2D eigenvalue weighted by Crippen LogP contribution is 2.27. The number of nitrogens with zero attached hydrogens (tertiary/aromatic N) is 8. The van der Waals surface area contributed by atoms with E-state index in [-0.39, 0.29) is 67.9 Å². The molecule has 12 atom stereocenters. The fraction of sp³-hybridized carbons (Fsp3) is 0.824. The standard InChI is InChI=1S/C74H136N12O12S/c1-29-31-33-51(17)39-56-65(89)77-54(30-2)68(92)84(27)60(43-99-35-32-34-86(41-47(9)10)42-48(11)12)71(95)83(26)59(40-74(20,21)98)66(90)78-61(49(13)14)72(96)79(22)55(36-44(3)4)64(88)75-52(18)63(87)76-53(19)67(91)81(24)57(37-45(5)6)69(93)82(25)58(38-46(7)8)70(94)85(28)62(50(15)16)73(97)80(56)23/h29,31,44-62,98H,30,32-43H2,1-28H3,(H,75,88)(H,76,87)(H,77,89)(H,78,90)/b31-29+/t51-,52-,53-,54+,55-,56+,57+,58+,59+,60-,61-,62+/m1/s1. The molecule has 99 heavy (non-hydrogen) atoms. The molecular weight excluding hydrogens is 1280 g/mol. The molecule has 0 spiro atoms. The Hall–Kier alpha value is -5.82. The van der Waals surface area contributed by atoms with Gasteiger partial charge in [-0.25, -0.2) is 0 Å². The van der Waals surface area contributed by atoms with Crippen molar-refractivity contribution in [2.24, 2.45) is 47.3 Å². The smallest absolute Gasteiger partial charge is 0.246 e. The van der Waals surface area contributed by atoms with Gasteiger partial charge in [-0.1, -0.05) is 123 Å². The van der Waals surface area contributed by atoms with Crippen molar-refractivity contribution < 1.29 is 57.8 Å². The average Bonchev–Trinajstić information content (AvgIpc) is 0.791. The molecule has 0 aromatic carbocycles. The van der Waals surface area contributed by atoms with E-state index in [1.54, 1.807) is 34.6 Å². The van der Waals surface area contributed by atoms with Crippen molar-refractivity contribution in [3.05, 3.63) is 12.2 Å². The van der Waals surface area contributed by atoms with E-state index >= 15 is 33.6 Å². The van der Waals surface area contributed by atoms with Crippen LogP contribution in [0.4, 0.5) is 0 Å². The number of amides is 11. The van der Waals surface area contributed by atoms with Crippen LogP contribution in [0.25, 0.3) is 0 Å². The summed E-state index contributed by atoms with van der Waals surface area (Å²) in [5.74, 6) is -7.32. The first kappa shape index (κ1) is 91.2. The third kappa shape index (κ3) is 28.9. The molecule has 1 rings (SSSR count). The molecule has 0 unspecified atom stereocenters. The van der Waals surface area contributed by atoms with Crippen LogP contribution in [0.1, 0.15) is 197 Å². The fourth-order valence-corrected chi connectivity index (χ4v) is 13.9. The SMILES string of the molecule is C/C=C/C[C@@H](C)C[C@H]1C(=O)N[C@@H](CC)C(=O)N(C)[C@H](CSCCCN(CC(C)C)CC(C)C)C(=O)N(C)[C@@H](CC(C)(C)O)C(=O)N[C@H](C(C)C)C(=O)N(C)[C@H](CC(C)C)C(=O)N[C@H](C)C(=O)N[C@H](C)C(=O)N(C)[C@@H](CC(C)C)C(=O)N(C)[C@@H](CC(C)C)C(=O)N(C)[C@@H](C(C)C)C(=O)N1C. The van der Waals surface area contributed by atoms with Gasteiger partial charge in [0, 0.05) is 74.6 Å². The van der Waals surface area contributed by atoms with E-state index in [0.717, 1.165) is 26.1 Å². The molecule has 25 heteroatoms. The van der Waals surface area contributed by atoms with E-state index in [2.05, 4.69) is 53.9 Å². The molecule has 1 heterocycles. The number of hydrogen-bond acceptors (Lipinski definition) is 14. The van der Waals surface area contributed by atoms with E-state index in [1.807, 2.05) is 67.5 Å². The molecule has 5 N–H and O–H groups in total. The van der Waals surface area contributed by atoms with Gasteiger partial charge >= 0.3 is 0 Å². The Morgan fingerprint density at radius 3 is 1.35 bits per heavy atom. The van der Waals surface area contributed by atoms with Crippen molar-refractivity contribution in [3.63, 3.8) is 0 Å². The van der Waals surface area contributed by atoms with Gasteiger partial charge in [0.15, 0.2) is 0 Å². The molecule has 1 fully saturated rings. The van der Waals surface area contributed by atoms with E-state index in [9.17, 15) is 24.3 Å². The minimum Gasteiger partial charge on any atom is -0.390 e. The number of carbonyl (C=O) groups is 11. The van der Waals surface area contributed by atoms with Crippen LogP contribution in [-0.4, -0.2) is 262 Å². The van der Waals surface area contributed by atoms with E-state index < -0.39 is 149 Å². The minimum absolute atomic E-state index is 0.0612. The third-order valence-corrected chi connectivity index (χ3v) is 19.6. The maximum absolute atomic E-state index is 15.6. The molecule has 0 saturated carbocycles. The second-order valence-corrected chi connectivity index (χ2v) is 32.8. The molecule has 570 valence electrons. The Labute approximate surface area is 601 Å². The molecular formula is C74H136N12O12S. The zero-order valence-electron chi connectivity index (χ0n) is 66.2. The van der Waals surface area contributed by atoms with Crippen molar-refractivity contribution in [3.8, 4) is 0 Å². The fourth-order valence-electron chi connectivity index (χ4n) is 12.8. The van der Waals surface area contributed by atoms with Gasteiger partial charge in [0.25, 0.3) is 0 Å². The number of allylic oxidation sites excluding steroid dienone is 2. The van der Waals surface area contributed by atoms with Crippen LogP contribution >= 0.6 is 11.8 Å². The Morgan fingerprint density at radius 1 is 0.475 bits per heavy atom. The Balaban J connectivity index is 4.55. The average molecular weight is 1420 g/mol. The van der Waals surface area contributed by atoms with Crippen LogP contribution in [-0.2, 0) is 52.7 Å². The molecule has 24 nitrogen and oxygen atoms in total. The van der Waals surface area contributed by atoms with E-state index in [0.29, 0.717) is 24.0 Å². The van der Waals surface area contributed by atoms with E-state index in [4.69, 9.17) is 0 Å². The molecule has 1 aliphatic heterocycles. The van der Waals surface area contributed by atoms with Crippen LogP contribution < -0.4 is 21.3 Å². The number of carbonyl (C=O) groups excluding carboxylic acids is 11. The topological polar surface area (TPSA) is 282 Å². The van der Waals surface area contributed by atoms with Gasteiger partial charge in [0.2, 0.25) is 65.0 Å². The maximum Gasteiger partial charge on any atom is 0.246 e. The lowest BCUT2D eigenvalue weighted by atomic mass is 9.93. The number of aliphatic hydroxyl groups is 1. The molecule has 0 aromatic rings. The molecule has 0 radical (unpaired) electrons. The van der Waals surface area contributed by atoms with Crippen LogP contribution in [0.5, 0.6) is 0 Å². The van der Waals surface area contributed by atoms with Crippen molar-refractivity contribution in [1.29, 1.82) is 0 Å². The number of thioether (sulfide) groups is 1. The second kappa shape index (κ2) is 42.6. The first-order valence-electron chi connectivity index (χ1n) is 36.4. The van der Waals surface area contributed by atoms with Gasteiger partial charge in [-0.2, -0.15) is 11.8 Å². The lowest BCUT2D eigenvalue weighted by Crippen LogP contribution is -2.62. The molecule has 0 bridgehead atoms. The Morgan fingerprint density at radius 2 is 0.889 bits per heavy atom. The molecule has 11 amide bonds. The number of hydrogen-bond donors (Lipinski definition) is 5. The van der Waals surface area contributed by atoms with Crippen molar-refractivity contribution >= 4 is 76.7 Å². The summed E-state index contributed by atoms with van der Waals surface area (Å²) in [5, 5.41) is 22.8. The Kier molecular flexibility index (Phi) is 39.2. The molecule has 0 aromatic heterocycles. The first-order chi connectivity index (χ1) is 45.7. The summed E-state index contributed by atoms with van der Waals surface area (Å²) in [6.45, 7) is 41.1. The summed E-state index contributed by atoms with van der Waals surface area (Å²) >= 11 is 1.46. The first-order valence-corrected chi connectivity index (χ1v) is 37.6. The lowest BCUT2D eigenvalue weighted by Gasteiger charge is -2.41. The monoisotopic (exact) mass is 1420 g/mol. The van der Waals surface area contributed by atoms with Gasteiger partial charge in [0.1, 0.15) is 66.5 Å².